The number of anilines is 2. The third-order valence-corrected chi connectivity index (χ3v) is 2.70. The first kappa shape index (κ1) is 13.6. The van der Waals surface area contributed by atoms with Crippen LogP contribution < -0.4 is 10.6 Å². The fraction of sp³-hybridized carbons (Fsp3) is 0.273. The summed E-state index contributed by atoms with van der Waals surface area (Å²) in [6, 6.07) is 1.34. The number of aromatic carboxylic acids is 1. The molecule has 0 spiro atoms. The van der Waals surface area contributed by atoms with Crippen LogP contribution in [0.3, 0.4) is 0 Å². The van der Waals surface area contributed by atoms with Crippen LogP contribution in [0.4, 0.5) is 11.6 Å². The van der Waals surface area contributed by atoms with Crippen LogP contribution in [0.2, 0.25) is 0 Å². The number of carboxylic acid groups (broad SMARTS) is 1. The molecule has 0 atom stereocenters. The zero-order valence-corrected chi connectivity index (χ0v) is 10.9. The molecule has 0 aromatic carbocycles. The fourth-order valence-electron chi connectivity index (χ4n) is 1.75. The fourth-order valence-corrected chi connectivity index (χ4v) is 1.75. The first-order valence-corrected chi connectivity index (χ1v) is 5.59. The minimum Gasteiger partial charge on any atom is -0.478 e. The Morgan fingerprint density at radius 1 is 1.55 bits per heavy atom. The van der Waals surface area contributed by atoms with Gasteiger partial charge in [-0.3, -0.25) is 4.79 Å². The van der Waals surface area contributed by atoms with Crippen LogP contribution >= 0.6 is 0 Å². The number of carbonyl (C=O) groups is 2. The molecule has 3 N–H and O–H groups in total. The third kappa shape index (κ3) is 2.46. The lowest BCUT2D eigenvalue weighted by Gasteiger charge is -2.19. The zero-order chi connectivity index (χ0) is 14.9. The molecular formula is C11H13N5O4. The van der Waals surface area contributed by atoms with Gasteiger partial charge < -0.3 is 20.5 Å². The predicted molar refractivity (Wildman–Crippen MR) is 69.6 cm³/mol. The van der Waals surface area contributed by atoms with Gasteiger partial charge in [-0.15, -0.1) is 5.10 Å². The summed E-state index contributed by atoms with van der Waals surface area (Å²) in [5.74, 6) is -1.59. The van der Waals surface area contributed by atoms with E-state index in [1.807, 2.05) is 0 Å². The van der Waals surface area contributed by atoms with Crippen LogP contribution in [0.5, 0.6) is 0 Å². The Hall–Kier alpha value is -2.84. The third-order valence-electron chi connectivity index (χ3n) is 2.70. The molecule has 0 saturated heterocycles. The van der Waals surface area contributed by atoms with Gasteiger partial charge >= 0.3 is 11.9 Å². The summed E-state index contributed by atoms with van der Waals surface area (Å²) in [6.45, 7) is -0.0908. The molecule has 0 bridgehead atoms. The van der Waals surface area contributed by atoms with E-state index in [1.165, 1.54) is 28.8 Å². The Kier molecular flexibility index (Phi) is 3.42. The number of carboxylic acids is 1. The Bertz CT molecular complexity index is 681. The molecule has 0 unspecified atom stereocenters. The molecule has 106 valence electrons. The highest BCUT2D eigenvalue weighted by Crippen LogP contribution is 2.21. The normalized spacial score (nSPS) is 10.5. The van der Waals surface area contributed by atoms with Crippen LogP contribution in [0, 0.1) is 0 Å². The molecule has 0 aliphatic heterocycles. The molecule has 2 aromatic rings. The molecule has 9 heteroatoms. The van der Waals surface area contributed by atoms with Crippen LogP contribution in [0.15, 0.2) is 12.3 Å². The van der Waals surface area contributed by atoms with Gasteiger partial charge in [-0.1, -0.05) is 0 Å². The maximum Gasteiger partial charge on any atom is 0.338 e. The number of ether oxygens (including phenoxy) is 1. The van der Waals surface area contributed by atoms with E-state index in [4.69, 9.17) is 5.73 Å². The first-order valence-electron chi connectivity index (χ1n) is 5.59. The number of likely N-dealkylation sites (N-methyl/N-ethyl adjacent to an activating group) is 1. The average molecular weight is 279 g/mol. The van der Waals surface area contributed by atoms with Gasteiger partial charge in [-0.2, -0.15) is 4.98 Å². The lowest BCUT2D eigenvalue weighted by molar-refractivity contribution is -0.138. The van der Waals surface area contributed by atoms with Crippen molar-refractivity contribution in [3.05, 3.63) is 17.8 Å². The number of hydrogen-bond acceptors (Lipinski definition) is 7. The van der Waals surface area contributed by atoms with Crippen molar-refractivity contribution in [2.75, 3.05) is 31.3 Å². The van der Waals surface area contributed by atoms with E-state index in [0.717, 1.165) is 0 Å². The highest BCUT2D eigenvalue weighted by Gasteiger charge is 2.18. The summed E-state index contributed by atoms with van der Waals surface area (Å²) in [5, 5.41) is 13.1. The predicted octanol–water partition coefficient (Wildman–Crippen LogP) is -0.381. The maximum absolute atomic E-state index is 11.3. The van der Waals surface area contributed by atoms with E-state index in [9.17, 15) is 14.7 Å². The number of hydrogen-bond donors (Lipinski definition) is 2. The second-order valence-electron chi connectivity index (χ2n) is 4.08. The standard InChI is InChI=1S/C11H13N5O4/c1-15(5-9(17)20-2)7-4-16-8(13-11(12)14-16)3-6(7)10(18)19/h3-4H,5H2,1-2H3,(H2,12,14)(H,18,19). The minimum absolute atomic E-state index is 0.00342. The SMILES string of the molecule is COC(=O)CN(C)c1cn2nc(N)nc2cc1C(=O)O. The summed E-state index contributed by atoms with van der Waals surface area (Å²) in [7, 11) is 2.83. The van der Waals surface area contributed by atoms with Crippen LogP contribution in [-0.2, 0) is 9.53 Å². The molecule has 0 saturated carbocycles. The Morgan fingerprint density at radius 3 is 2.85 bits per heavy atom. The molecule has 2 aromatic heterocycles. The van der Waals surface area contributed by atoms with E-state index in [-0.39, 0.29) is 18.1 Å². The number of fused-ring (bicyclic) bond motifs is 1. The summed E-state index contributed by atoms with van der Waals surface area (Å²) in [6.07, 6.45) is 1.45. The van der Waals surface area contributed by atoms with Gasteiger partial charge in [0, 0.05) is 7.05 Å². The number of pyridine rings is 1. The molecule has 0 fully saturated rings. The average Bonchev–Trinajstić information content (AvgIpc) is 2.75. The molecule has 2 rings (SSSR count). The number of carbonyl (C=O) groups excluding carboxylic acids is 1. The Labute approximate surface area is 113 Å². The van der Waals surface area contributed by atoms with E-state index in [0.29, 0.717) is 11.3 Å². The van der Waals surface area contributed by atoms with Crippen molar-refractivity contribution in [3.8, 4) is 0 Å². The number of nitrogen functional groups attached to an aromatic ring is 1. The van der Waals surface area contributed by atoms with Crippen molar-refractivity contribution in [3.63, 3.8) is 0 Å². The summed E-state index contributed by atoms with van der Waals surface area (Å²) in [5.41, 5.74) is 6.08. The van der Waals surface area contributed by atoms with Gasteiger partial charge in [0.15, 0.2) is 5.65 Å². The topological polar surface area (TPSA) is 123 Å². The number of esters is 1. The highest BCUT2D eigenvalue weighted by atomic mass is 16.5. The van der Waals surface area contributed by atoms with Crippen molar-refractivity contribution in [2.45, 2.75) is 0 Å². The molecule has 0 amide bonds. The number of rotatable bonds is 4. The molecule has 0 aliphatic rings. The van der Waals surface area contributed by atoms with E-state index in [2.05, 4.69) is 14.8 Å². The molecule has 9 nitrogen and oxygen atoms in total. The lowest BCUT2D eigenvalue weighted by Crippen LogP contribution is -2.28. The van der Waals surface area contributed by atoms with E-state index in [1.54, 1.807) is 7.05 Å². The second-order valence-corrected chi connectivity index (χ2v) is 4.08. The highest BCUT2D eigenvalue weighted by molar-refractivity contribution is 5.96. The van der Waals surface area contributed by atoms with Crippen molar-refractivity contribution in [2.24, 2.45) is 0 Å². The minimum atomic E-state index is -1.14. The van der Waals surface area contributed by atoms with Crippen LogP contribution in [-0.4, -0.2) is 52.3 Å². The number of methoxy groups -OCH3 is 1. The Morgan fingerprint density at radius 2 is 2.25 bits per heavy atom. The van der Waals surface area contributed by atoms with Crippen molar-refractivity contribution in [1.29, 1.82) is 0 Å². The molecule has 0 aliphatic carbocycles. The van der Waals surface area contributed by atoms with Gasteiger partial charge in [0.05, 0.1) is 24.6 Å². The first-order chi connectivity index (χ1) is 9.42. The van der Waals surface area contributed by atoms with E-state index >= 15 is 0 Å². The van der Waals surface area contributed by atoms with Gasteiger partial charge in [0.2, 0.25) is 5.95 Å². The number of nitrogens with zero attached hydrogens (tertiary/aromatic N) is 4. The van der Waals surface area contributed by atoms with Crippen LogP contribution in [0.1, 0.15) is 10.4 Å². The quantitative estimate of drug-likeness (QED) is 0.726. The Balaban J connectivity index is 2.51. The van der Waals surface area contributed by atoms with Crippen molar-refractivity contribution in [1.82, 2.24) is 14.6 Å². The molecular weight excluding hydrogens is 266 g/mol. The zero-order valence-electron chi connectivity index (χ0n) is 10.9. The van der Waals surface area contributed by atoms with Gasteiger partial charge in [-0.25, -0.2) is 9.31 Å². The number of aromatic nitrogens is 3. The number of nitrogens with two attached hydrogens (primary N) is 1. The monoisotopic (exact) mass is 279 g/mol. The van der Waals surface area contributed by atoms with Gasteiger partial charge in [0.1, 0.15) is 6.54 Å². The second kappa shape index (κ2) is 5.03. The summed E-state index contributed by atoms with van der Waals surface area (Å²) < 4.78 is 5.90. The van der Waals surface area contributed by atoms with Gasteiger partial charge in [-0.05, 0) is 6.07 Å². The maximum atomic E-state index is 11.3. The lowest BCUT2D eigenvalue weighted by atomic mass is 10.2. The largest absolute Gasteiger partial charge is 0.478 e. The molecule has 2 heterocycles. The van der Waals surface area contributed by atoms with E-state index < -0.39 is 11.9 Å². The smallest absolute Gasteiger partial charge is 0.338 e. The summed E-state index contributed by atoms with van der Waals surface area (Å²) >= 11 is 0. The van der Waals surface area contributed by atoms with Crippen molar-refractivity contribution >= 4 is 29.2 Å². The molecule has 20 heavy (non-hydrogen) atoms. The van der Waals surface area contributed by atoms with Crippen molar-refractivity contribution < 1.29 is 19.4 Å². The molecule has 0 radical (unpaired) electrons. The summed E-state index contributed by atoms with van der Waals surface area (Å²) in [4.78, 5) is 27.9. The van der Waals surface area contributed by atoms with Gasteiger partial charge in [0.25, 0.3) is 0 Å². The van der Waals surface area contributed by atoms with Crippen LogP contribution in [0.25, 0.3) is 5.65 Å².